The van der Waals surface area contributed by atoms with Crippen LogP contribution in [0.5, 0.6) is 0 Å². The maximum absolute atomic E-state index is 12.3. The Morgan fingerprint density at radius 1 is 1.35 bits per heavy atom. The van der Waals surface area contributed by atoms with Crippen molar-refractivity contribution in [2.24, 2.45) is 0 Å². The number of esters is 1. The molecule has 140 valence electrons. The molecular weight excluding hydrogens is 339 g/mol. The molecule has 1 aromatic carbocycles. The first-order valence-corrected chi connectivity index (χ1v) is 8.72. The van der Waals surface area contributed by atoms with E-state index in [-0.39, 0.29) is 19.1 Å². The summed E-state index contributed by atoms with van der Waals surface area (Å²) in [5, 5.41) is 12.4. The van der Waals surface area contributed by atoms with Crippen molar-refractivity contribution >= 4 is 24.5 Å². The topological polar surface area (TPSA) is 97.3 Å². The molecule has 2 heterocycles. The Bertz CT molecular complexity index is 677. The van der Waals surface area contributed by atoms with Crippen LogP contribution in [0.4, 0.5) is 0 Å². The maximum atomic E-state index is 12.3. The number of benzene rings is 1. The molecule has 26 heavy (non-hydrogen) atoms. The minimum atomic E-state index is -1.01. The van der Waals surface area contributed by atoms with Gasteiger partial charge in [-0.05, 0) is 29.6 Å². The summed E-state index contributed by atoms with van der Waals surface area (Å²) < 4.78 is 15.6. The van der Waals surface area contributed by atoms with Crippen molar-refractivity contribution in [3.05, 3.63) is 28.8 Å². The van der Waals surface area contributed by atoms with Crippen LogP contribution in [-0.4, -0.2) is 74.9 Å². The summed E-state index contributed by atoms with van der Waals surface area (Å²) in [7, 11) is -1.01. The van der Waals surface area contributed by atoms with E-state index in [1.807, 2.05) is 0 Å². The first kappa shape index (κ1) is 18.8. The highest BCUT2D eigenvalue weighted by Crippen LogP contribution is 2.16. The number of carbonyl (C=O) groups excluding carboxylic acids is 2. The fourth-order valence-electron chi connectivity index (χ4n) is 3.16. The lowest BCUT2D eigenvalue weighted by Crippen LogP contribution is -2.39. The van der Waals surface area contributed by atoms with E-state index in [4.69, 9.17) is 14.1 Å². The third kappa shape index (κ3) is 4.42. The number of rotatable bonds is 6. The lowest BCUT2D eigenvalue weighted by Gasteiger charge is -2.26. The molecule has 8 nitrogen and oxygen atoms in total. The predicted molar refractivity (Wildman–Crippen MR) is 94.1 cm³/mol. The van der Waals surface area contributed by atoms with Crippen LogP contribution in [0.15, 0.2) is 12.1 Å². The second kappa shape index (κ2) is 8.63. The Labute approximate surface area is 152 Å². The summed E-state index contributed by atoms with van der Waals surface area (Å²) >= 11 is 0. The maximum Gasteiger partial charge on any atom is 0.492 e. The van der Waals surface area contributed by atoms with Crippen molar-refractivity contribution in [1.29, 1.82) is 0 Å². The smallest absolute Gasteiger partial charge is 0.463 e. The van der Waals surface area contributed by atoms with Crippen LogP contribution >= 0.6 is 0 Å². The van der Waals surface area contributed by atoms with E-state index >= 15 is 0 Å². The molecule has 2 aliphatic rings. The summed E-state index contributed by atoms with van der Waals surface area (Å²) in [6.45, 7) is 5.90. The molecule has 9 heteroatoms. The van der Waals surface area contributed by atoms with Crippen molar-refractivity contribution in [3.8, 4) is 0 Å². The third-order valence-electron chi connectivity index (χ3n) is 4.66. The van der Waals surface area contributed by atoms with E-state index in [0.29, 0.717) is 43.0 Å². The number of hydrogen-bond donors (Lipinski definition) is 2. The Morgan fingerprint density at radius 3 is 2.88 bits per heavy atom. The molecule has 0 aliphatic carbocycles. The molecule has 1 fully saturated rings. The molecule has 1 aromatic rings. The highest BCUT2D eigenvalue weighted by Gasteiger charge is 2.31. The van der Waals surface area contributed by atoms with Gasteiger partial charge in [0.1, 0.15) is 13.2 Å². The summed E-state index contributed by atoms with van der Waals surface area (Å²) in [5.74, 6) is -0.858. The van der Waals surface area contributed by atoms with Crippen LogP contribution < -0.4 is 10.8 Å². The predicted octanol–water partition coefficient (Wildman–Crippen LogP) is -1.18. The van der Waals surface area contributed by atoms with Crippen molar-refractivity contribution in [1.82, 2.24) is 10.2 Å². The van der Waals surface area contributed by atoms with E-state index < -0.39 is 13.1 Å². The van der Waals surface area contributed by atoms with Gasteiger partial charge < -0.3 is 24.5 Å². The van der Waals surface area contributed by atoms with Gasteiger partial charge in [-0.15, -0.1) is 0 Å². The van der Waals surface area contributed by atoms with Gasteiger partial charge in [0.15, 0.2) is 0 Å². The first-order chi connectivity index (χ1) is 12.6. The van der Waals surface area contributed by atoms with Crippen molar-refractivity contribution < 1.29 is 28.7 Å². The minimum Gasteiger partial charge on any atom is -0.463 e. The van der Waals surface area contributed by atoms with Gasteiger partial charge in [0.2, 0.25) is 0 Å². The van der Waals surface area contributed by atoms with Gasteiger partial charge in [-0.25, -0.2) is 0 Å². The Hall–Kier alpha value is -1.94. The van der Waals surface area contributed by atoms with Gasteiger partial charge in [-0.3, -0.25) is 14.5 Å². The van der Waals surface area contributed by atoms with Gasteiger partial charge >= 0.3 is 13.1 Å². The van der Waals surface area contributed by atoms with Crippen LogP contribution in [-0.2, 0) is 25.5 Å². The summed E-state index contributed by atoms with van der Waals surface area (Å²) in [4.78, 5) is 26.3. The largest absolute Gasteiger partial charge is 0.492 e. The van der Waals surface area contributed by atoms with E-state index in [1.54, 1.807) is 19.1 Å². The molecule has 0 radical (unpaired) electrons. The van der Waals surface area contributed by atoms with Crippen molar-refractivity contribution in [2.75, 3.05) is 46.0 Å². The zero-order valence-electron chi connectivity index (χ0n) is 14.8. The summed E-state index contributed by atoms with van der Waals surface area (Å²) in [6, 6.07) is 3.43. The van der Waals surface area contributed by atoms with Crippen LogP contribution in [0.1, 0.15) is 21.5 Å². The highest BCUT2D eigenvalue weighted by atomic mass is 16.5. The zero-order chi connectivity index (χ0) is 18.5. The number of morpholine rings is 1. The Morgan fingerprint density at radius 2 is 2.12 bits per heavy atom. The number of carbonyl (C=O) groups is 2. The fraction of sp³-hybridized carbons (Fsp3) is 0.529. The average Bonchev–Trinajstić information content (AvgIpc) is 3.03. The highest BCUT2D eigenvalue weighted by molar-refractivity contribution is 6.62. The standard InChI is InChI=1S/C17H23BN2O6/c1-12-14(3-2-13-11-26-18(23)16(12)13)17(22)19-10-15(21)25-9-6-20-4-7-24-8-5-20/h2-3,23H,4-11H2,1H3,(H,19,22). The molecule has 2 aliphatic heterocycles. The molecule has 1 saturated heterocycles. The molecular formula is C17H23BN2O6. The summed E-state index contributed by atoms with van der Waals surface area (Å²) in [6.07, 6.45) is 0. The second-order valence-corrected chi connectivity index (χ2v) is 6.33. The minimum absolute atomic E-state index is 0.197. The number of fused-ring (bicyclic) bond motifs is 1. The fourth-order valence-corrected chi connectivity index (χ4v) is 3.16. The second-order valence-electron chi connectivity index (χ2n) is 6.33. The van der Waals surface area contributed by atoms with Gasteiger partial charge in [0.25, 0.3) is 5.91 Å². The van der Waals surface area contributed by atoms with Crippen molar-refractivity contribution in [2.45, 2.75) is 13.5 Å². The molecule has 0 spiro atoms. The molecule has 0 atom stereocenters. The van der Waals surface area contributed by atoms with Gasteiger partial charge in [0.05, 0.1) is 19.8 Å². The number of hydrogen-bond acceptors (Lipinski definition) is 7. The lowest BCUT2D eigenvalue weighted by atomic mass is 9.75. The number of amides is 1. The quantitative estimate of drug-likeness (QED) is 0.486. The summed E-state index contributed by atoms with van der Waals surface area (Å²) in [5.41, 5.74) is 2.57. The number of nitrogens with zero attached hydrogens (tertiary/aromatic N) is 1. The van der Waals surface area contributed by atoms with Gasteiger partial charge in [-0.1, -0.05) is 6.07 Å². The Balaban J connectivity index is 1.45. The molecule has 0 bridgehead atoms. The molecule has 3 rings (SSSR count). The first-order valence-electron chi connectivity index (χ1n) is 8.72. The van der Waals surface area contributed by atoms with Crippen LogP contribution in [0.3, 0.4) is 0 Å². The molecule has 1 amide bonds. The number of nitrogens with one attached hydrogen (secondary N) is 1. The monoisotopic (exact) mass is 362 g/mol. The van der Waals surface area contributed by atoms with E-state index in [1.165, 1.54) is 0 Å². The molecule has 0 unspecified atom stereocenters. The Kier molecular flexibility index (Phi) is 6.26. The normalized spacial score (nSPS) is 17.1. The van der Waals surface area contributed by atoms with Crippen molar-refractivity contribution in [3.63, 3.8) is 0 Å². The molecule has 0 aromatic heterocycles. The molecule has 2 N–H and O–H groups in total. The van der Waals surface area contributed by atoms with E-state index in [0.717, 1.165) is 18.7 Å². The molecule has 0 saturated carbocycles. The third-order valence-corrected chi connectivity index (χ3v) is 4.66. The SMILES string of the molecule is Cc1c(C(=O)NCC(=O)OCCN2CCOCC2)ccc2c1B(O)OC2. The van der Waals surface area contributed by atoms with Crippen LogP contribution in [0, 0.1) is 6.92 Å². The van der Waals surface area contributed by atoms with Gasteiger partial charge in [0, 0.05) is 25.2 Å². The average molecular weight is 362 g/mol. The van der Waals surface area contributed by atoms with E-state index in [9.17, 15) is 14.6 Å². The van der Waals surface area contributed by atoms with Crippen LogP contribution in [0.25, 0.3) is 0 Å². The zero-order valence-corrected chi connectivity index (χ0v) is 14.8. The lowest BCUT2D eigenvalue weighted by molar-refractivity contribution is -0.143. The van der Waals surface area contributed by atoms with Gasteiger partial charge in [-0.2, -0.15) is 0 Å². The van der Waals surface area contributed by atoms with Crippen LogP contribution in [0.2, 0.25) is 0 Å². The van der Waals surface area contributed by atoms with E-state index in [2.05, 4.69) is 10.2 Å². The number of ether oxygens (including phenoxy) is 2.